The van der Waals surface area contributed by atoms with Crippen molar-refractivity contribution in [1.82, 2.24) is 5.43 Å². The second-order valence-electron chi connectivity index (χ2n) is 4.86. The van der Waals surface area contributed by atoms with E-state index in [1.807, 2.05) is 6.92 Å². The van der Waals surface area contributed by atoms with Gasteiger partial charge >= 0.3 is 0 Å². The summed E-state index contributed by atoms with van der Waals surface area (Å²) in [6, 6.07) is 4.87. The molecule has 3 N–H and O–H groups in total. The van der Waals surface area contributed by atoms with Crippen molar-refractivity contribution in [3.63, 3.8) is 0 Å². The van der Waals surface area contributed by atoms with Gasteiger partial charge in [0.15, 0.2) is 0 Å². The van der Waals surface area contributed by atoms with Crippen LogP contribution in [0.3, 0.4) is 0 Å². The Bertz CT molecular complexity index is 421. The number of nitrogens with two attached hydrogens (primary N) is 1. The van der Waals surface area contributed by atoms with Gasteiger partial charge in [0.1, 0.15) is 5.82 Å². The molecular weight excluding hydrogens is 299 g/mol. The lowest BCUT2D eigenvalue weighted by atomic mass is 9.84. The summed E-state index contributed by atoms with van der Waals surface area (Å²) in [5.74, 6) is 5.35. The fourth-order valence-corrected chi connectivity index (χ4v) is 2.90. The first kappa shape index (κ1) is 13.9. The number of ether oxygens (including phenoxy) is 1. The van der Waals surface area contributed by atoms with Crippen LogP contribution < -0.4 is 11.3 Å². The molecule has 1 heterocycles. The molecular formula is C13H18BrFN2O. The van der Waals surface area contributed by atoms with Crippen molar-refractivity contribution in [3.8, 4) is 0 Å². The quantitative estimate of drug-likeness (QED) is 0.665. The van der Waals surface area contributed by atoms with E-state index < -0.39 is 5.60 Å². The number of benzene rings is 1. The van der Waals surface area contributed by atoms with Gasteiger partial charge < -0.3 is 4.74 Å². The summed E-state index contributed by atoms with van der Waals surface area (Å²) >= 11 is 3.20. The Balaban J connectivity index is 2.35. The smallest absolute Gasteiger partial charge is 0.142 e. The van der Waals surface area contributed by atoms with Gasteiger partial charge in [-0.2, -0.15) is 0 Å². The van der Waals surface area contributed by atoms with Gasteiger partial charge in [-0.1, -0.05) is 12.1 Å². The van der Waals surface area contributed by atoms with Crippen molar-refractivity contribution in [2.24, 2.45) is 5.84 Å². The lowest BCUT2D eigenvalue weighted by Crippen LogP contribution is -2.48. The van der Waals surface area contributed by atoms with E-state index in [1.165, 1.54) is 0 Å². The van der Waals surface area contributed by atoms with Gasteiger partial charge in [-0.15, -0.1) is 0 Å². The Labute approximate surface area is 115 Å². The van der Waals surface area contributed by atoms with Crippen molar-refractivity contribution in [2.75, 3.05) is 6.61 Å². The summed E-state index contributed by atoms with van der Waals surface area (Å²) in [5, 5.41) is 0. The molecule has 0 radical (unpaired) electrons. The molecule has 1 aromatic rings. The van der Waals surface area contributed by atoms with E-state index in [4.69, 9.17) is 10.6 Å². The van der Waals surface area contributed by atoms with E-state index in [9.17, 15) is 4.39 Å². The SMILES string of the molecule is CC1(C(NN)c2cccc(Br)c2F)CCCCO1. The van der Waals surface area contributed by atoms with Crippen LogP contribution in [0, 0.1) is 5.82 Å². The monoisotopic (exact) mass is 316 g/mol. The molecule has 0 spiro atoms. The maximum Gasteiger partial charge on any atom is 0.142 e. The number of nitrogens with one attached hydrogen (secondary N) is 1. The van der Waals surface area contributed by atoms with Crippen LogP contribution in [0.2, 0.25) is 0 Å². The molecule has 1 aromatic carbocycles. The lowest BCUT2D eigenvalue weighted by Gasteiger charge is -2.40. The molecule has 2 unspecified atom stereocenters. The number of hydrogen-bond acceptors (Lipinski definition) is 3. The van der Waals surface area contributed by atoms with Crippen LogP contribution in [0.25, 0.3) is 0 Å². The fraction of sp³-hybridized carbons (Fsp3) is 0.538. The molecule has 2 rings (SSSR count). The number of rotatable bonds is 3. The maximum absolute atomic E-state index is 14.2. The zero-order valence-electron chi connectivity index (χ0n) is 10.4. The predicted molar refractivity (Wildman–Crippen MR) is 72.4 cm³/mol. The Morgan fingerprint density at radius 2 is 2.28 bits per heavy atom. The Hall–Kier alpha value is -0.490. The zero-order chi connectivity index (χ0) is 13.2. The minimum absolute atomic E-state index is 0.282. The van der Waals surface area contributed by atoms with E-state index in [0.29, 0.717) is 16.6 Å². The minimum atomic E-state index is -0.464. The highest BCUT2D eigenvalue weighted by molar-refractivity contribution is 9.10. The van der Waals surface area contributed by atoms with Crippen molar-refractivity contribution >= 4 is 15.9 Å². The van der Waals surface area contributed by atoms with E-state index in [-0.39, 0.29) is 11.9 Å². The standard InChI is InChI=1S/C13H18BrFN2O/c1-13(7-2-3-8-18-13)12(17-16)9-5-4-6-10(14)11(9)15/h4-6,12,17H,2-3,7-8,16H2,1H3. The lowest BCUT2D eigenvalue weighted by molar-refractivity contribution is -0.0905. The van der Waals surface area contributed by atoms with Gasteiger partial charge in [-0.3, -0.25) is 5.84 Å². The van der Waals surface area contributed by atoms with Crippen LogP contribution in [0.15, 0.2) is 22.7 Å². The third kappa shape index (κ3) is 2.59. The van der Waals surface area contributed by atoms with Gasteiger partial charge in [0, 0.05) is 12.2 Å². The molecule has 2 atom stereocenters. The van der Waals surface area contributed by atoms with Crippen LogP contribution in [-0.2, 0) is 4.74 Å². The Morgan fingerprint density at radius 1 is 1.50 bits per heavy atom. The fourth-order valence-electron chi connectivity index (χ4n) is 2.52. The first-order valence-electron chi connectivity index (χ1n) is 6.12. The molecule has 0 saturated carbocycles. The molecule has 1 fully saturated rings. The first-order chi connectivity index (χ1) is 8.58. The molecule has 0 bridgehead atoms. The van der Waals surface area contributed by atoms with Crippen molar-refractivity contribution in [1.29, 1.82) is 0 Å². The normalized spacial score (nSPS) is 26.0. The van der Waals surface area contributed by atoms with Crippen molar-refractivity contribution in [2.45, 2.75) is 37.8 Å². The van der Waals surface area contributed by atoms with Gasteiger partial charge in [0.25, 0.3) is 0 Å². The highest BCUT2D eigenvalue weighted by Gasteiger charge is 2.38. The third-order valence-corrected chi connectivity index (χ3v) is 4.18. The maximum atomic E-state index is 14.2. The van der Waals surface area contributed by atoms with Crippen molar-refractivity contribution < 1.29 is 9.13 Å². The van der Waals surface area contributed by atoms with Gasteiger partial charge in [0.2, 0.25) is 0 Å². The summed E-state index contributed by atoms with van der Waals surface area (Å²) in [7, 11) is 0. The minimum Gasteiger partial charge on any atom is -0.373 e. The molecule has 1 saturated heterocycles. The van der Waals surface area contributed by atoms with Gasteiger partial charge in [-0.25, -0.2) is 9.82 Å². The molecule has 5 heteroatoms. The van der Waals surface area contributed by atoms with E-state index in [2.05, 4.69) is 21.4 Å². The number of hydrogen-bond donors (Lipinski definition) is 2. The molecule has 1 aliphatic heterocycles. The predicted octanol–water partition coefficient (Wildman–Crippen LogP) is 3.05. The second-order valence-corrected chi connectivity index (χ2v) is 5.72. The van der Waals surface area contributed by atoms with Crippen LogP contribution in [0.4, 0.5) is 4.39 Å². The first-order valence-corrected chi connectivity index (χ1v) is 6.92. The molecule has 100 valence electrons. The highest BCUT2D eigenvalue weighted by Crippen LogP contribution is 2.38. The highest BCUT2D eigenvalue weighted by atomic mass is 79.9. The van der Waals surface area contributed by atoms with E-state index in [1.54, 1.807) is 18.2 Å². The summed E-state index contributed by atoms with van der Waals surface area (Å²) in [4.78, 5) is 0. The summed E-state index contributed by atoms with van der Waals surface area (Å²) < 4.78 is 20.5. The van der Waals surface area contributed by atoms with E-state index in [0.717, 1.165) is 19.3 Å². The average Bonchev–Trinajstić information content (AvgIpc) is 2.36. The zero-order valence-corrected chi connectivity index (χ0v) is 12.0. The molecule has 18 heavy (non-hydrogen) atoms. The van der Waals surface area contributed by atoms with E-state index >= 15 is 0 Å². The molecule has 3 nitrogen and oxygen atoms in total. The van der Waals surface area contributed by atoms with Crippen LogP contribution >= 0.6 is 15.9 Å². The van der Waals surface area contributed by atoms with Gasteiger partial charge in [-0.05, 0) is 48.2 Å². The summed E-state index contributed by atoms with van der Waals surface area (Å²) in [5.41, 5.74) is 2.79. The Kier molecular flexibility index (Phi) is 4.37. The summed E-state index contributed by atoms with van der Waals surface area (Å²) in [6.45, 7) is 2.68. The molecule has 0 amide bonds. The topological polar surface area (TPSA) is 47.3 Å². The summed E-state index contributed by atoms with van der Waals surface area (Å²) in [6.07, 6.45) is 2.99. The van der Waals surface area contributed by atoms with Crippen LogP contribution in [0.1, 0.15) is 37.8 Å². The molecule has 1 aliphatic rings. The largest absolute Gasteiger partial charge is 0.373 e. The second kappa shape index (κ2) is 5.65. The number of hydrazine groups is 1. The average molecular weight is 317 g/mol. The number of halogens is 2. The molecule has 0 aliphatic carbocycles. The molecule has 0 aromatic heterocycles. The van der Waals surface area contributed by atoms with Gasteiger partial charge in [0.05, 0.1) is 16.1 Å². The third-order valence-electron chi connectivity index (χ3n) is 3.57. The Morgan fingerprint density at radius 3 is 2.89 bits per heavy atom. The van der Waals surface area contributed by atoms with Crippen LogP contribution in [0.5, 0.6) is 0 Å². The van der Waals surface area contributed by atoms with Crippen LogP contribution in [-0.4, -0.2) is 12.2 Å². The van der Waals surface area contributed by atoms with Crippen molar-refractivity contribution in [3.05, 3.63) is 34.1 Å².